The SMILES string of the molecule is CCCCCC(C)C(O)CCC1=CCC(=O)[C@@H]1C/C=C\CCCC(=O)O. The normalized spacial score (nSPS) is 19.7. The van der Waals surface area contributed by atoms with E-state index in [0.29, 0.717) is 25.2 Å². The smallest absolute Gasteiger partial charge is 0.303 e. The fraction of sp³-hybridized carbons (Fsp3) is 0.727. The van der Waals surface area contributed by atoms with Crippen molar-refractivity contribution in [2.24, 2.45) is 11.8 Å². The zero-order valence-electron chi connectivity index (χ0n) is 16.5. The highest BCUT2D eigenvalue weighted by Crippen LogP contribution is 2.31. The van der Waals surface area contributed by atoms with E-state index in [0.717, 1.165) is 25.7 Å². The van der Waals surface area contributed by atoms with Crippen LogP contribution in [0.3, 0.4) is 0 Å². The van der Waals surface area contributed by atoms with Crippen molar-refractivity contribution in [3.8, 4) is 0 Å². The maximum absolute atomic E-state index is 12.1. The molecule has 0 amide bonds. The minimum absolute atomic E-state index is 0.0479. The molecule has 2 N–H and O–H groups in total. The minimum Gasteiger partial charge on any atom is -0.481 e. The Morgan fingerprint density at radius 3 is 2.73 bits per heavy atom. The molecular weight excluding hydrogens is 328 g/mol. The van der Waals surface area contributed by atoms with Crippen LogP contribution < -0.4 is 0 Å². The maximum Gasteiger partial charge on any atom is 0.303 e. The third kappa shape index (κ3) is 8.79. The fourth-order valence-electron chi connectivity index (χ4n) is 3.51. The number of allylic oxidation sites excluding steroid dienone is 4. The summed E-state index contributed by atoms with van der Waals surface area (Å²) in [5, 5.41) is 19.0. The van der Waals surface area contributed by atoms with Gasteiger partial charge >= 0.3 is 5.97 Å². The van der Waals surface area contributed by atoms with Crippen LogP contribution in [0.25, 0.3) is 0 Å². The largest absolute Gasteiger partial charge is 0.481 e. The first-order valence-electron chi connectivity index (χ1n) is 10.2. The molecule has 0 aliphatic heterocycles. The summed E-state index contributed by atoms with van der Waals surface area (Å²) in [7, 11) is 0. The third-order valence-corrected chi connectivity index (χ3v) is 5.35. The fourth-order valence-corrected chi connectivity index (χ4v) is 3.51. The first kappa shape index (κ1) is 22.6. The lowest BCUT2D eigenvalue weighted by Crippen LogP contribution is -2.19. The Balaban J connectivity index is 2.34. The van der Waals surface area contributed by atoms with Crippen LogP contribution in [-0.2, 0) is 9.59 Å². The number of ketones is 1. The molecule has 2 unspecified atom stereocenters. The molecule has 4 nitrogen and oxygen atoms in total. The number of carbonyl (C=O) groups excluding carboxylic acids is 1. The molecule has 4 heteroatoms. The summed E-state index contributed by atoms with van der Waals surface area (Å²) in [6, 6.07) is 0. The molecule has 0 saturated heterocycles. The van der Waals surface area contributed by atoms with E-state index < -0.39 is 5.97 Å². The van der Waals surface area contributed by atoms with E-state index in [1.807, 2.05) is 18.2 Å². The molecule has 0 aromatic rings. The summed E-state index contributed by atoms with van der Waals surface area (Å²) in [6.45, 7) is 4.30. The van der Waals surface area contributed by atoms with E-state index in [1.165, 1.54) is 24.8 Å². The van der Waals surface area contributed by atoms with E-state index in [-0.39, 0.29) is 24.2 Å². The molecule has 0 saturated carbocycles. The topological polar surface area (TPSA) is 74.6 Å². The molecule has 1 rings (SSSR count). The van der Waals surface area contributed by atoms with Crippen LogP contribution in [0.2, 0.25) is 0 Å². The Morgan fingerprint density at radius 1 is 1.27 bits per heavy atom. The number of aliphatic hydroxyl groups excluding tert-OH is 1. The first-order chi connectivity index (χ1) is 12.5. The molecule has 0 fully saturated rings. The average molecular weight is 365 g/mol. The van der Waals surface area contributed by atoms with Crippen LogP contribution in [0, 0.1) is 11.8 Å². The molecule has 0 bridgehead atoms. The summed E-state index contributed by atoms with van der Waals surface area (Å²) in [6.07, 6.45) is 14.7. The number of carbonyl (C=O) groups is 2. The van der Waals surface area contributed by atoms with Crippen molar-refractivity contribution in [3.05, 3.63) is 23.8 Å². The molecule has 1 aliphatic carbocycles. The third-order valence-electron chi connectivity index (χ3n) is 5.35. The van der Waals surface area contributed by atoms with Crippen molar-refractivity contribution < 1.29 is 19.8 Å². The second-order valence-electron chi connectivity index (χ2n) is 7.57. The Hall–Kier alpha value is -1.42. The Kier molecular flexibility index (Phi) is 11.2. The van der Waals surface area contributed by atoms with Gasteiger partial charge in [-0.1, -0.05) is 56.9 Å². The van der Waals surface area contributed by atoms with Gasteiger partial charge in [0, 0.05) is 18.8 Å². The number of unbranched alkanes of at least 4 members (excludes halogenated alkanes) is 3. The van der Waals surface area contributed by atoms with E-state index in [1.54, 1.807) is 0 Å². The van der Waals surface area contributed by atoms with E-state index >= 15 is 0 Å². The monoisotopic (exact) mass is 364 g/mol. The van der Waals surface area contributed by atoms with Gasteiger partial charge in [-0.25, -0.2) is 0 Å². The summed E-state index contributed by atoms with van der Waals surface area (Å²) < 4.78 is 0. The predicted octanol–water partition coefficient (Wildman–Crippen LogP) is 5.06. The predicted molar refractivity (Wildman–Crippen MR) is 105 cm³/mol. The van der Waals surface area contributed by atoms with Crippen molar-refractivity contribution >= 4 is 11.8 Å². The zero-order chi connectivity index (χ0) is 19.4. The van der Waals surface area contributed by atoms with Gasteiger partial charge in [0.2, 0.25) is 0 Å². The van der Waals surface area contributed by atoms with Crippen LogP contribution in [-0.4, -0.2) is 28.1 Å². The van der Waals surface area contributed by atoms with E-state index in [2.05, 4.69) is 13.8 Å². The van der Waals surface area contributed by atoms with Gasteiger partial charge in [-0.15, -0.1) is 0 Å². The number of Topliss-reactive ketones (excluding diaryl/α,β-unsaturated/α-hetero) is 1. The lowest BCUT2D eigenvalue weighted by molar-refractivity contribution is -0.137. The second-order valence-corrected chi connectivity index (χ2v) is 7.57. The molecule has 0 spiro atoms. The number of carboxylic acid groups (broad SMARTS) is 1. The highest BCUT2D eigenvalue weighted by atomic mass is 16.4. The van der Waals surface area contributed by atoms with Crippen LogP contribution in [0.4, 0.5) is 0 Å². The summed E-state index contributed by atoms with van der Waals surface area (Å²) in [5.74, 6) is -0.238. The van der Waals surface area contributed by atoms with Gasteiger partial charge in [-0.05, 0) is 44.4 Å². The maximum atomic E-state index is 12.1. The van der Waals surface area contributed by atoms with Gasteiger partial charge in [0.15, 0.2) is 0 Å². The standard InChI is InChI=1S/C22H36O4/c1-3-4-7-10-17(2)20(23)15-13-18-14-16-21(24)19(18)11-8-5-6-9-12-22(25)26/h5,8,14,17,19-20,23H,3-4,6-7,9-13,15-16H2,1-2H3,(H,25,26)/b8-5-/t17?,19-,20?/m1/s1. The number of hydrogen-bond acceptors (Lipinski definition) is 3. The number of aliphatic carboxylic acids is 1. The lowest BCUT2D eigenvalue weighted by atomic mass is 9.89. The van der Waals surface area contributed by atoms with Crippen LogP contribution in [0.15, 0.2) is 23.8 Å². The molecule has 3 atom stereocenters. The van der Waals surface area contributed by atoms with Gasteiger partial charge in [-0.2, -0.15) is 0 Å². The second kappa shape index (κ2) is 12.9. The Labute approximate surface area is 158 Å². The molecule has 148 valence electrons. The highest BCUT2D eigenvalue weighted by molar-refractivity contribution is 5.88. The molecule has 0 aromatic carbocycles. The van der Waals surface area contributed by atoms with Crippen molar-refractivity contribution in [2.45, 2.75) is 90.6 Å². The Morgan fingerprint density at radius 2 is 2.04 bits per heavy atom. The number of carboxylic acids is 1. The van der Waals surface area contributed by atoms with Crippen molar-refractivity contribution in [1.82, 2.24) is 0 Å². The molecule has 0 radical (unpaired) electrons. The molecule has 0 heterocycles. The zero-order valence-corrected chi connectivity index (χ0v) is 16.5. The van der Waals surface area contributed by atoms with Gasteiger partial charge in [0.05, 0.1) is 6.10 Å². The minimum atomic E-state index is -0.767. The molecule has 26 heavy (non-hydrogen) atoms. The number of aliphatic hydroxyl groups is 1. The highest BCUT2D eigenvalue weighted by Gasteiger charge is 2.27. The van der Waals surface area contributed by atoms with Gasteiger partial charge in [-0.3, -0.25) is 9.59 Å². The van der Waals surface area contributed by atoms with Crippen LogP contribution in [0.5, 0.6) is 0 Å². The summed E-state index contributed by atoms with van der Waals surface area (Å²) >= 11 is 0. The van der Waals surface area contributed by atoms with Crippen molar-refractivity contribution in [3.63, 3.8) is 0 Å². The van der Waals surface area contributed by atoms with Gasteiger partial charge in [0.25, 0.3) is 0 Å². The average Bonchev–Trinajstić information content (AvgIpc) is 2.95. The molecule has 1 aliphatic rings. The van der Waals surface area contributed by atoms with Crippen LogP contribution in [0.1, 0.15) is 84.5 Å². The van der Waals surface area contributed by atoms with Crippen molar-refractivity contribution in [1.29, 1.82) is 0 Å². The quantitative estimate of drug-likeness (QED) is 0.334. The van der Waals surface area contributed by atoms with E-state index in [4.69, 9.17) is 5.11 Å². The summed E-state index contributed by atoms with van der Waals surface area (Å²) in [4.78, 5) is 22.6. The van der Waals surface area contributed by atoms with E-state index in [9.17, 15) is 14.7 Å². The number of rotatable bonds is 14. The Bertz CT molecular complexity index is 492. The molecule has 0 aromatic heterocycles. The van der Waals surface area contributed by atoms with Crippen molar-refractivity contribution in [2.75, 3.05) is 0 Å². The number of hydrogen-bond donors (Lipinski definition) is 2. The van der Waals surface area contributed by atoms with Gasteiger partial charge in [0.1, 0.15) is 5.78 Å². The summed E-state index contributed by atoms with van der Waals surface area (Å²) in [5.41, 5.74) is 1.17. The first-order valence-corrected chi connectivity index (χ1v) is 10.2. The van der Waals surface area contributed by atoms with Gasteiger partial charge < -0.3 is 10.2 Å². The molecular formula is C22H36O4. The lowest BCUT2D eigenvalue weighted by Gasteiger charge is -2.20. The van der Waals surface area contributed by atoms with Crippen LogP contribution >= 0.6 is 0 Å².